The van der Waals surface area contributed by atoms with E-state index in [0.717, 1.165) is 34.2 Å². The quantitative estimate of drug-likeness (QED) is 0.221. The monoisotopic (exact) mass is 718 g/mol. The molecule has 6 rings (SSSR count). The van der Waals surface area contributed by atoms with Crippen molar-refractivity contribution >= 4 is 39.2 Å². The summed E-state index contributed by atoms with van der Waals surface area (Å²) in [6.45, 7) is 1.75. The molecule has 3 amide bonds. The Morgan fingerprint density at radius 1 is 0.917 bits per heavy atom. The Morgan fingerprint density at radius 3 is 2.23 bits per heavy atom. The number of hydrogen-bond acceptors (Lipinski definition) is 6. The maximum atomic E-state index is 14.8. The van der Waals surface area contributed by atoms with Crippen molar-refractivity contribution in [1.29, 1.82) is 0 Å². The van der Waals surface area contributed by atoms with Crippen molar-refractivity contribution in [3.8, 4) is 11.5 Å². The number of primary amides is 1. The molecule has 0 aromatic heterocycles. The van der Waals surface area contributed by atoms with Crippen molar-refractivity contribution in [3.63, 3.8) is 0 Å². The van der Waals surface area contributed by atoms with Gasteiger partial charge in [-0.25, -0.2) is 4.39 Å². The van der Waals surface area contributed by atoms with Gasteiger partial charge in [0.1, 0.15) is 30.5 Å². The van der Waals surface area contributed by atoms with Gasteiger partial charge < -0.3 is 30.3 Å². The lowest BCUT2D eigenvalue weighted by atomic mass is 9.82. The fourth-order valence-corrected chi connectivity index (χ4v) is 6.73. The first-order valence-electron chi connectivity index (χ1n) is 16.5. The van der Waals surface area contributed by atoms with Gasteiger partial charge in [-0.1, -0.05) is 46.3 Å². The van der Waals surface area contributed by atoms with Crippen LogP contribution in [0.2, 0.25) is 0 Å². The second kappa shape index (κ2) is 15.3. The molecular weight excluding hydrogens is 679 g/mol. The van der Waals surface area contributed by atoms with Crippen molar-refractivity contribution in [3.05, 3.63) is 99.8 Å². The topological polar surface area (TPSA) is 114 Å². The summed E-state index contributed by atoms with van der Waals surface area (Å²) in [6, 6.07) is 21.5. The minimum absolute atomic E-state index is 0.0362. The van der Waals surface area contributed by atoms with E-state index in [0.29, 0.717) is 56.0 Å². The zero-order valence-corrected chi connectivity index (χ0v) is 28.3. The van der Waals surface area contributed by atoms with Crippen LogP contribution >= 0.6 is 15.9 Å². The molecule has 11 heteroatoms. The predicted molar refractivity (Wildman–Crippen MR) is 183 cm³/mol. The first-order chi connectivity index (χ1) is 23.2. The second-order valence-corrected chi connectivity index (χ2v) is 13.5. The minimum atomic E-state index is -0.430. The molecule has 2 aliphatic heterocycles. The molecule has 1 saturated heterocycles. The third kappa shape index (κ3) is 8.43. The van der Waals surface area contributed by atoms with E-state index in [2.05, 4.69) is 21.2 Å². The van der Waals surface area contributed by atoms with Crippen molar-refractivity contribution in [2.75, 3.05) is 26.3 Å². The Bertz CT molecular complexity index is 1660. The van der Waals surface area contributed by atoms with E-state index in [1.807, 2.05) is 48.5 Å². The molecule has 2 atom stereocenters. The fourth-order valence-electron chi connectivity index (χ4n) is 6.46. The molecule has 252 valence electrons. The SMILES string of the molecule is NC(=O)CCCC(=O)N1CC2CC(c3ccc(OCCOc4ccc(Br)cc4)cc3)=C(C(=O)N(Cc3ccccc3F)C3CC3)C(C1)N2. The Kier molecular flexibility index (Phi) is 10.8. The Balaban J connectivity index is 1.22. The number of rotatable bonds is 14. The Labute approximate surface area is 288 Å². The summed E-state index contributed by atoms with van der Waals surface area (Å²) >= 11 is 3.42. The van der Waals surface area contributed by atoms with Gasteiger partial charge in [0.25, 0.3) is 5.91 Å². The van der Waals surface area contributed by atoms with Crippen LogP contribution in [-0.4, -0.2) is 72.0 Å². The van der Waals surface area contributed by atoms with Gasteiger partial charge in [-0.2, -0.15) is 0 Å². The number of nitrogens with two attached hydrogens (primary N) is 1. The van der Waals surface area contributed by atoms with Gasteiger partial charge in [0.05, 0.1) is 6.04 Å². The highest BCUT2D eigenvalue weighted by molar-refractivity contribution is 9.10. The molecule has 3 aliphatic rings. The van der Waals surface area contributed by atoms with E-state index in [9.17, 15) is 18.8 Å². The number of hydrogen-bond donors (Lipinski definition) is 2. The van der Waals surface area contributed by atoms with Crippen LogP contribution in [0.4, 0.5) is 4.39 Å². The number of piperazine rings is 1. The molecule has 1 saturated carbocycles. The van der Waals surface area contributed by atoms with Crippen molar-refractivity contribution in [2.45, 2.75) is 63.2 Å². The maximum absolute atomic E-state index is 14.8. The van der Waals surface area contributed by atoms with E-state index >= 15 is 0 Å². The molecule has 9 nitrogen and oxygen atoms in total. The largest absolute Gasteiger partial charge is 0.490 e. The van der Waals surface area contributed by atoms with E-state index in [-0.39, 0.29) is 49.1 Å². The maximum Gasteiger partial charge on any atom is 0.252 e. The van der Waals surface area contributed by atoms with Gasteiger partial charge in [0.2, 0.25) is 11.8 Å². The standard InChI is InChI=1S/C37H40BrFN4O5/c38-26-10-16-30(17-11-26)48-19-18-47-29-14-8-24(9-15-29)31-20-27-22-42(35(45)7-3-6-34(40)44)23-33(41-27)36(31)37(46)43(28-12-13-28)21-25-4-1-2-5-32(25)39/h1-2,4-5,8-11,14-17,27-28,33,41H,3,6-7,12-13,18-23H2,(H2,40,44). The van der Waals surface area contributed by atoms with Gasteiger partial charge in [0.15, 0.2) is 0 Å². The number of nitrogens with zero attached hydrogens (tertiary/aromatic N) is 2. The smallest absolute Gasteiger partial charge is 0.252 e. The number of ether oxygens (including phenoxy) is 2. The van der Waals surface area contributed by atoms with Gasteiger partial charge >= 0.3 is 0 Å². The third-order valence-electron chi connectivity index (χ3n) is 8.99. The molecule has 2 fully saturated rings. The van der Waals surface area contributed by atoms with E-state index < -0.39 is 11.9 Å². The lowest BCUT2D eigenvalue weighted by Crippen LogP contribution is -2.62. The third-order valence-corrected chi connectivity index (χ3v) is 9.51. The number of halogens is 2. The van der Waals surface area contributed by atoms with E-state index in [4.69, 9.17) is 15.2 Å². The summed E-state index contributed by atoms with van der Waals surface area (Å²) in [6.07, 6.45) is 3.05. The molecule has 2 bridgehead atoms. The molecule has 1 aliphatic carbocycles. The Hall–Kier alpha value is -4.22. The average molecular weight is 720 g/mol. The number of amides is 3. The Morgan fingerprint density at radius 2 is 1.58 bits per heavy atom. The number of nitrogens with one attached hydrogen (secondary N) is 1. The van der Waals surface area contributed by atoms with Gasteiger partial charge in [0, 0.05) is 60.2 Å². The van der Waals surface area contributed by atoms with Crippen LogP contribution in [0, 0.1) is 5.82 Å². The molecule has 2 heterocycles. The van der Waals surface area contributed by atoms with Crippen LogP contribution < -0.4 is 20.5 Å². The molecule has 0 radical (unpaired) electrons. The van der Waals surface area contributed by atoms with E-state index in [1.54, 1.807) is 28.0 Å². The van der Waals surface area contributed by atoms with Crippen molar-refractivity contribution < 1.29 is 28.2 Å². The number of benzene rings is 3. The summed E-state index contributed by atoms with van der Waals surface area (Å²) in [4.78, 5) is 42.6. The zero-order chi connectivity index (χ0) is 33.6. The normalized spacial score (nSPS) is 18.8. The van der Waals surface area contributed by atoms with Gasteiger partial charge in [-0.05, 0) is 79.3 Å². The summed E-state index contributed by atoms with van der Waals surface area (Å²) in [5, 5.41) is 3.61. The van der Waals surface area contributed by atoms with Crippen LogP contribution in [0.25, 0.3) is 5.57 Å². The molecule has 3 aromatic rings. The molecule has 3 N–H and O–H groups in total. The van der Waals surface area contributed by atoms with Crippen LogP contribution in [-0.2, 0) is 20.9 Å². The summed E-state index contributed by atoms with van der Waals surface area (Å²) in [5.41, 5.74) is 8.21. The van der Waals surface area contributed by atoms with E-state index in [1.165, 1.54) is 6.07 Å². The number of fused-ring (bicyclic) bond motifs is 2. The molecule has 48 heavy (non-hydrogen) atoms. The first-order valence-corrected chi connectivity index (χ1v) is 17.3. The minimum Gasteiger partial charge on any atom is -0.490 e. The highest BCUT2D eigenvalue weighted by Crippen LogP contribution is 2.38. The van der Waals surface area contributed by atoms with Crippen LogP contribution in [0.1, 0.15) is 49.7 Å². The van der Waals surface area contributed by atoms with Crippen LogP contribution in [0.3, 0.4) is 0 Å². The summed E-state index contributed by atoms with van der Waals surface area (Å²) in [5.74, 6) is 0.488. The molecule has 3 aromatic carbocycles. The summed E-state index contributed by atoms with van der Waals surface area (Å²) < 4.78 is 27.5. The zero-order valence-electron chi connectivity index (χ0n) is 26.7. The lowest BCUT2D eigenvalue weighted by Gasteiger charge is -2.45. The number of carbonyl (C=O) groups is 3. The van der Waals surface area contributed by atoms with Crippen LogP contribution in [0.15, 0.2) is 82.8 Å². The van der Waals surface area contributed by atoms with Crippen LogP contribution in [0.5, 0.6) is 11.5 Å². The molecular formula is C37H40BrFN4O5. The molecule has 0 spiro atoms. The highest BCUT2D eigenvalue weighted by Gasteiger charge is 2.43. The average Bonchev–Trinajstić information content (AvgIpc) is 3.92. The molecule has 2 unspecified atom stereocenters. The van der Waals surface area contributed by atoms with Gasteiger partial charge in [-0.15, -0.1) is 0 Å². The second-order valence-electron chi connectivity index (χ2n) is 12.6. The highest BCUT2D eigenvalue weighted by atomic mass is 79.9. The van der Waals surface area contributed by atoms with Crippen molar-refractivity contribution in [1.82, 2.24) is 15.1 Å². The van der Waals surface area contributed by atoms with Crippen molar-refractivity contribution in [2.24, 2.45) is 5.73 Å². The van der Waals surface area contributed by atoms with Gasteiger partial charge in [-0.3, -0.25) is 14.4 Å². The number of carbonyl (C=O) groups excluding carboxylic acids is 3. The summed E-state index contributed by atoms with van der Waals surface area (Å²) in [7, 11) is 0. The lowest BCUT2D eigenvalue weighted by molar-refractivity contribution is -0.134. The first kappa shape index (κ1) is 33.7. The predicted octanol–water partition coefficient (Wildman–Crippen LogP) is 5.22. The fraction of sp³-hybridized carbons (Fsp3) is 0.378.